The second kappa shape index (κ2) is 5.84. The molecule has 0 radical (unpaired) electrons. The van der Waals surface area contributed by atoms with Gasteiger partial charge in [-0.1, -0.05) is 35.9 Å². The van der Waals surface area contributed by atoms with Crippen molar-refractivity contribution in [2.75, 3.05) is 6.54 Å². The summed E-state index contributed by atoms with van der Waals surface area (Å²) in [7, 11) is 0. The fourth-order valence-corrected chi connectivity index (χ4v) is 1.36. The van der Waals surface area contributed by atoms with E-state index in [0.29, 0.717) is 6.04 Å². The number of rotatable bonds is 4. The van der Waals surface area contributed by atoms with Gasteiger partial charge in [-0.05, 0) is 31.5 Å². The number of nitrogens with one attached hydrogen (secondary N) is 1. The number of hydrogen-bond donors (Lipinski definition) is 1. The van der Waals surface area contributed by atoms with Crippen LogP contribution in [0.4, 0.5) is 0 Å². The monoisotopic (exact) mass is 209 g/mol. The van der Waals surface area contributed by atoms with Crippen LogP contribution in [-0.4, -0.2) is 6.54 Å². The van der Waals surface area contributed by atoms with Gasteiger partial charge in [-0.2, -0.15) is 0 Å². The normalized spacial score (nSPS) is 13.4. The molecule has 0 saturated heterocycles. The van der Waals surface area contributed by atoms with Gasteiger partial charge in [-0.15, -0.1) is 0 Å². The van der Waals surface area contributed by atoms with Gasteiger partial charge in [0.25, 0.3) is 0 Å². The van der Waals surface area contributed by atoms with Crippen molar-refractivity contribution < 1.29 is 0 Å². The Balaban J connectivity index is 2.51. The Kier molecular flexibility index (Phi) is 4.71. The van der Waals surface area contributed by atoms with Gasteiger partial charge < -0.3 is 5.32 Å². The molecule has 2 heteroatoms. The zero-order chi connectivity index (χ0) is 10.4. The van der Waals surface area contributed by atoms with E-state index in [-0.39, 0.29) is 0 Å². The molecule has 1 nitrogen and oxygen atoms in total. The van der Waals surface area contributed by atoms with Crippen LogP contribution in [-0.2, 0) is 0 Å². The fourth-order valence-electron chi connectivity index (χ4n) is 1.23. The average Bonchev–Trinajstić information content (AvgIpc) is 2.19. The lowest BCUT2D eigenvalue weighted by atomic mass is 10.1. The first kappa shape index (κ1) is 11.3. The quantitative estimate of drug-likeness (QED) is 0.748. The Hall–Kier alpha value is -0.790. The molecule has 1 aromatic rings. The van der Waals surface area contributed by atoms with E-state index in [2.05, 4.69) is 30.4 Å². The Morgan fingerprint density at radius 3 is 2.57 bits per heavy atom. The number of benzene rings is 1. The van der Waals surface area contributed by atoms with Crippen molar-refractivity contribution in [3.63, 3.8) is 0 Å². The second-order valence-electron chi connectivity index (χ2n) is 3.25. The molecule has 0 amide bonds. The zero-order valence-electron chi connectivity index (χ0n) is 8.63. The smallest absolute Gasteiger partial charge is 0.0406 e. The van der Waals surface area contributed by atoms with Crippen molar-refractivity contribution in [3.05, 3.63) is 47.0 Å². The van der Waals surface area contributed by atoms with Crippen molar-refractivity contribution >= 4 is 11.6 Å². The van der Waals surface area contributed by atoms with Crippen molar-refractivity contribution in [1.29, 1.82) is 0 Å². The van der Waals surface area contributed by atoms with Crippen molar-refractivity contribution in [2.24, 2.45) is 0 Å². The van der Waals surface area contributed by atoms with E-state index >= 15 is 0 Å². The molecule has 0 aromatic heterocycles. The molecule has 0 bridgehead atoms. The summed E-state index contributed by atoms with van der Waals surface area (Å²) in [5.74, 6) is 0. The third-order valence-corrected chi connectivity index (χ3v) is 2.40. The lowest BCUT2D eigenvalue weighted by molar-refractivity contribution is 0.617. The lowest BCUT2D eigenvalue weighted by Gasteiger charge is -2.12. The second-order valence-corrected chi connectivity index (χ2v) is 3.69. The van der Waals surface area contributed by atoms with E-state index in [1.807, 2.05) is 25.1 Å². The van der Waals surface area contributed by atoms with Crippen LogP contribution in [0, 0.1) is 0 Å². The molecular formula is C12H16ClN. The molecule has 0 unspecified atom stereocenters. The highest BCUT2D eigenvalue weighted by molar-refractivity contribution is 6.30. The molecule has 1 rings (SSSR count). The van der Waals surface area contributed by atoms with Gasteiger partial charge in [-0.25, -0.2) is 0 Å². The minimum absolute atomic E-state index is 0.364. The van der Waals surface area contributed by atoms with Crippen LogP contribution >= 0.6 is 11.6 Å². The molecule has 14 heavy (non-hydrogen) atoms. The van der Waals surface area contributed by atoms with E-state index in [0.717, 1.165) is 11.6 Å². The molecule has 0 saturated carbocycles. The predicted octanol–water partition coefficient (Wildman–Crippen LogP) is 3.57. The molecule has 76 valence electrons. The first-order chi connectivity index (χ1) is 6.74. The third kappa shape index (κ3) is 3.52. The van der Waals surface area contributed by atoms with Crippen LogP contribution in [0.25, 0.3) is 0 Å². The summed E-state index contributed by atoms with van der Waals surface area (Å²) in [5, 5.41) is 4.18. The minimum atomic E-state index is 0.364. The first-order valence-electron chi connectivity index (χ1n) is 4.84. The minimum Gasteiger partial charge on any atom is -0.307 e. The van der Waals surface area contributed by atoms with Gasteiger partial charge in [0.05, 0.1) is 0 Å². The standard InChI is InChI=1S/C12H16ClN/c1-3-4-9-14-10(2)11-5-7-12(13)8-6-11/h3-8,10,14H,9H2,1-2H3/b4-3+/t10-/m0/s1. The van der Waals surface area contributed by atoms with E-state index in [9.17, 15) is 0 Å². The van der Waals surface area contributed by atoms with Gasteiger partial charge in [0.2, 0.25) is 0 Å². The van der Waals surface area contributed by atoms with E-state index in [1.165, 1.54) is 5.56 Å². The summed E-state index contributed by atoms with van der Waals surface area (Å²) < 4.78 is 0. The van der Waals surface area contributed by atoms with Gasteiger partial charge in [0, 0.05) is 17.6 Å². The van der Waals surface area contributed by atoms with Gasteiger partial charge >= 0.3 is 0 Å². The number of allylic oxidation sites excluding steroid dienone is 1. The van der Waals surface area contributed by atoms with Crippen LogP contribution in [0.3, 0.4) is 0 Å². The molecule has 0 aliphatic heterocycles. The zero-order valence-corrected chi connectivity index (χ0v) is 9.38. The topological polar surface area (TPSA) is 12.0 Å². The summed E-state index contributed by atoms with van der Waals surface area (Å²) in [6.45, 7) is 5.07. The number of hydrogen-bond acceptors (Lipinski definition) is 1. The first-order valence-corrected chi connectivity index (χ1v) is 5.22. The lowest BCUT2D eigenvalue weighted by Crippen LogP contribution is -2.18. The number of halogens is 1. The summed E-state index contributed by atoms with van der Waals surface area (Å²) in [6.07, 6.45) is 4.15. The maximum absolute atomic E-state index is 5.81. The van der Waals surface area contributed by atoms with Crippen molar-refractivity contribution in [2.45, 2.75) is 19.9 Å². The van der Waals surface area contributed by atoms with E-state index in [1.54, 1.807) is 0 Å². The molecule has 0 aliphatic carbocycles. The van der Waals surface area contributed by atoms with Crippen LogP contribution in [0.1, 0.15) is 25.5 Å². The summed E-state index contributed by atoms with van der Waals surface area (Å²) in [5.41, 5.74) is 1.26. The van der Waals surface area contributed by atoms with Crippen LogP contribution in [0.2, 0.25) is 5.02 Å². The fraction of sp³-hybridized carbons (Fsp3) is 0.333. The van der Waals surface area contributed by atoms with E-state index in [4.69, 9.17) is 11.6 Å². The molecule has 1 N–H and O–H groups in total. The molecular weight excluding hydrogens is 194 g/mol. The summed E-state index contributed by atoms with van der Waals surface area (Å²) >= 11 is 5.81. The Morgan fingerprint density at radius 1 is 1.36 bits per heavy atom. The average molecular weight is 210 g/mol. The highest BCUT2D eigenvalue weighted by atomic mass is 35.5. The highest BCUT2D eigenvalue weighted by Gasteiger charge is 2.02. The molecule has 0 heterocycles. The summed E-state index contributed by atoms with van der Waals surface area (Å²) in [6, 6.07) is 8.31. The molecule has 1 aromatic carbocycles. The van der Waals surface area contributed by atoms with Crippen LogP contribution in [0.15, 0.2) is 36.4 Å². The van der Waals surface area contributed by atoms with Gasteiger partial charge in [-0.3, -0.25) is 0 Å². The highest BCUT2D eigenvalue weighted by Crippen LogP contribution is 2.15. The molecule has 0 spiro atoms. The summed E-state index contributed by atoms with van der Waals surface area (Å²) in [4.78, 5) is 0. The van der Waals surface area contributed by atoms with Crippen LogP contribution in [0.5, 0.6) is 0 Å². The van der Waals surface area contributed by atoms with Crippen LogP contribution < -0.4 is 5.32 Å². The largest absolute Gasteiger partial charge is 0.307 e. The van der Waals surface area contributed by atoms with Gasteiger partial charge in [0.15, 0.2) is 0 Å². The van der Waals surface area contributed by atoms with Crippen molar-refractivity contribution in [1.82, 2.24) is 5.32 Å². The Morgan fingerprint density at radius 2 is 2.00 bits per heavy atom. The SMILES string of the molecule is C/C=C/CN[C@@H](C)c1ccc(Cl)cc1. The predicted molar refractivity (Wildman–Crippen MR) is 62.7 cm³/mol. The van der Waals surface area contributed by atoms with E-state index < -0.39 is 0 Å². The molecule has 1 atom stereocenters. The van der Waals surface area contributed by atoms with Crippen molar-refractivity contribution in [3.8, 4) is 0 Å². The third-order valence-electron chi connectivity index (χ3n) is 2.15. The molecule has 0 fully saturated rings. The Labute approximate surface area is 90.8 Å². The van der Waals surface area contributed by atoms with Gasteiger partial charge in [0.1, 0.15) is 0 Å². The maximum Gasteiger partial charge on any atom is 0.0406 e. The Bertz CT molecular complexity index is 290. The maximum atomic E-state index is 5.81. The molecule has 0 aliphatic rings.